The summed E-state index contributed by atoms with van der Waals surface area (Å²) in [5, 5.41) is 10.3. The van der Waals surface area contributed by atoms with E-state index in [2.05, 4.69) is 42.2 Å². The van der Waals surface area contributed by atoms with Gasteiger partial charge >= 0.3 is 0 Å². The van der Waals surface area contributed by atoms with Crippen molar-refractivity contribution in [2.45, 2.75) is 39.2 Å². The summed E-state index contributed by atoms with van der Waals surface area (Å²) < 4.78 is 0. The Bertz CT molecular complexity index is 538. The molecule has 0 fully saturated rings. The van der Waals surface area contributed by atoms with Gasteiger partial charge in [-0.25, -0.2) is 0 Å². The van der Waals surface area contributed by atoms with E-state index in [9.17, 15) is 5.11 Å². The summed E-state index contributed by atoms with van der Waals surface area (Å²) in [5.74, 6) is 0. The maximum atomic E-state index is 10.3. The fourth-order valence-electron chi connectivity index (χ4n) is 2.55. The van der Waals surface area contributed by atoms with E-state index >= 15 is 0 Å². The van der Waals surface area contributed by atoms with E-state index in [0.29, 0.717) is 0 Å². The number of para-hydroxylation sites is 2. The molecular formula is C19H25NO. The van der Waals surface area contributed by atoms with Gasteiger partial charge in [0.05, 0.1) is 6.10 Å². The van der Waals surface area contributed by atoms with E-state index in [-0.39, 0.29) is 0 Å². The summed E-state index contributed by atoms with van der Waals surface area (Å²) in [6.07, 6.45) is 2.61. The van der Waals surface area contributed by atoms with Crippen molar-refractivity contribution in [3.8, 4) is 0 Å². The maximum Gasteiger partial charge on any atom is 0.0807 e. The Balaban J connectivity index is 2.42. The molecule has 2 rings (SSSR count). The van der Waals surface area contributed by atoms with Gasteiger partial charge in [-0.1, -0.05) is 56.7 Å². The minimum atomic E-state index is -0.408. The van der Waals surface area contributed by atoms with Crippen LogP contribution < -0.4 is 4.90 Å². The topological polar surface area (TPSA) is 23.5 Å². The van der Waals surface area contributed by atoms with Gasteiger partial charge in [-0.3, -0.25) is 0 Å². The Kier molecular flexibility index (Phi) is 5.82. The molecule has 0 aliphatic carbocycles. The van der Waals surface area contributed by atoms with Crippen molar-refractivity contribution in [1.82, 2.24) is 0 Å². The van der Waals surface area contributed by atoms with Gasteiger partial charge in [0, 0.05) is 23.5 Å². The Labute approximate surface area is 128 Å². The molecule has 2 aromatic rings. The van der Waals surface area contributed by atoms with Crippen LogP contribution in [0.3, 0.4) is 0 Å². The first-order valence-corrected chi connectivity index (χ1v) is 7.87. The highest BCUT2D eigenvalue weighted by Crippen LogP contribution is 2.33. The first kappa shape index (κ1) is 15.6. The Morgan fingerprint density at radius 3 is 2.29 bits per heavy atom. The third-order valence-corrected chi connectivity index (χ3v) is 3.78. The van der Waals surface area contributed by atoms with Crippen LogP contribution >= 0.6 is 0 Å². The van der Waals surface area contributed by atoms with Crippen LogP contribution in [-0.2, 0) is 0 Å². The van der Waals surface area contributed by atoms with Crippen LogP contribution in [0.25, 0.3) is 0 Å². The number of nitrogens with zero attached hydrogens (tertiary/aromatic N) is 1. The summed E-state index contributed by atoms with van der Waals surface area (Å²) in [6, 6.07) is 18.6. The largest absolute Gasteiger partial charge is 0.388 e. The second-order valence-corrected chi connectivity index (χ2v) is 5.32. The molecule has 0 bridgehead atoms. The van der Waals surface area contributed by atoms with Crippen molar-refractivity contribution in [1.29, 1.82) is 0 Å². The van der Waals surface area contributed by atoms with Crippen LogP contribution in [0.1, 0.15) is 44.8 Å². The Hall–Kier alpha value is -1.80. The predicted octanol–water partition coefficient (Wildman–Crippen LogP) is 5.07. The molecule has 2 heteroatoms. The molecule has 21 heavy (non-hydrogen) atoms. The molecule has 2 nitrogen and oxygen atoms in total. The number of aliphatic hydroxyl groups is 1. The zero-order valence-electron chi connectivity index (χ0n) is 13.0. The van der Waals surface area contributed by atoms with Crippen molar-refractivity contribution in [3.63, 3.8) is 0 Å². The molecule has 112 valence electrons. The van der Waals surface area contributed by atoms with Gasteiger partial charge in [0.1, 0.15) is 0 Å². The highest BCUT2D eigenvalue weighted by Gasteiger charge is 2.16. The van der Waals surface area contributed by atoms with Gasteiger partial charge in [0.2, 0.25) is 0 Å². The summed E-state index contributed by atoms with van der Waals surface area (Å²) in [5.41, 5.74) is 3.31. The molecule has 0 radical (unpaired) electrons. The van der Waals surface area contributed by atoms with E-state index < -0.39 is 6.10 Å². The van der Waals surface area contributed by atoms with Crippen LogP contribution in [0, 0.1) is 0 Å². The maximum absolute atomic E-state index is 10.3. The molecule has 2 aromatic carbocycles. The van der Waals surface area contributed by atoms with E-state index in [1.165, 1.54) is 5.69 Å². The second-order valence-electron chi connectivity index (χ2n) is 5.32. The van der Waals surface area contributed by atoms with E-state index in [1.807, 2.05) is 31.2 Å². The second kappa shape index (κ2) is 7.84. The van der Waals surface area contributed by atoms with E-state index in [0.717, 1.165) is 37.1 Å². The number of benzene rings is 2. The predicted molar refractivity (Wildman–Crippen MR) is 90.0 cm³/mol. The first-order chi connectivity index (χ1) is 10.3. The number of unbranched alkanes of at least 4 members (excludes halogenated alkanes) is 1. The average Bonchev–Trinajstić information content (AvgIpc) is 2.56. The van der Waals surface area contributed by atoms with Crippen molar-refractivity contribution in [2.24, 2.45) is 0 Å². The van der Waals surface area contributed by atoms with Gasteiger partial charge in [0.15, 0.2) is 0 Å². The molecule has 0 aliphatic heterocycles. The van der Waals surface area contributed by atoms with E-state index in [1.54, 1.807) is 0 Å². The third kappa shape index (κ3) is 3.85. The van der Waals surface area contributed by atoms with Gasteiger partial charge in [-0.15, -0.1) is 0 Å². The van der Waals surface area contributed by atoms with Crippen molar-refractivity contribution < 1.29 is 5.11 Å². The monoisotopic (exact) mass is 283 g/mol. The average molecular weight is 283 g/mol. The van der Waals surface area contributed by atoms with Gasteiger partial charge in [0.25, 0.3) is 0 Å². The molecule has 0 heterocycles. The van der Waals surface area contributed by atoms with Crippen LogP contribution in [0.5, 0.6) is 0 Å². The highest BCUT2D eigenvalue weighted by molar-refractivity contribution is 5.66. The fourth-order valence-corrected chi connectivity index (χ4v) is 2.55. The summed E-state index contributed by atoms with van der Waals surface area (Å²) in [7, 11) is 0. The van der Waals surface area contributed by atoms with Gasteiger partial charge in [-0.2, -0.15) is 0 Å². The molecule has 0 aromatic heterocycles. The molecule has 1 atom stereocenters. The zero-order valence-corrected chi connectivity index (χ0v) is 13.0. The number of hydrogen-bond donors (Lipinski definition) is 1. The van der Waals surface area contributed by atoms with Crippen LogP contribution in [-0.4, -0.2) is 11.7 Å². The lowest BCUT2D eigenvalue weighted by molar-refractivity contribution is 0.174. The lowest BCUT2D eigenvalue weighted by Crippen LogP contribution is -2.20. The lowest BCUT2D eigenvalue weighted by Gasteiger charge is -2.28. The SMILES string of the molecule is CCCCN(c1ccccc1)c1ccccc1[C@H](O)CC. The number of aliphatic hydroxyl groups excluding tert-OH is 1. The standard InChI is InChI=1S/C19H25NO/c1-3-5-15-20(16-11-7-6-8-12-16)18-14-10-9-13-17(18)19(21)4-2/h6-14,19,21H,3-5,15H2,1-2H3/t19-/m1/s1. The number of anilines is 2. The van der Waals surface area contributed by atoms with Crippen molar-refractivity contribution in [3.05, 3.63) is 60.2 Å². The number of hydrogen-bond acceptors (Lipinski definition) is 2. The minimum absolute atomic E-state index is 0.408. The zero-order chi connectivity index (χ0) is 15.1. The molecule has 0 saturated heterocycles. The van der Waals surface area contributed by atoms with Crippen molar-refractivity contribution in [2.75, 3.05) is 11.4 Å². The first-order valence-electron chi connectivity index (χ1n) is 7.87. The fraction of sp³-hybridized carbons (Fsp3) is 0.368. The lowest BCUT2D eigenvalue weighted by atomic mass is 10.0. The third-order valence-electron chi connectivity index (χ3n) is 3.78. The van der Waals surface area contributed by atoms with E-state index in [4.69, 9.17) is 0 Å². The Morgan fingerprint density at radius 1 is 0.952 bits per heavy atom. The molecule has 0 amide bonds. The molecule has 0 saturated carbocycles. The molecule has 0 aliphatic rings. The van der Waals surface area contributed by atoms with Crippen molar-refractivity contribution >= 4 is 11.4 Å². The smallest absolute Gasteiger partial charge is 0.0807 e. The molecular weight excluding hydrogens is 258 g/mol. The molecule has 0 spiro atoms. The summed E-state index contributed by atoms with van der Waals surface area (Å²) in [6.45, 7) is 5.18. The summed E-state index contributed by atoms with van der Waals surface area (Å²) in [4.78, 5) is 2.32. The number of rotatable bonds is 7. The molecule has 0 unspecified atom stereocenters. The van der Waals surface area contributed by atoms with Gasteiger partial charge < -0.3 is 10.0 Å². The quantitative estimate of drug-likeness (QED) is 0.767. The minimum Gasteiger partial charge on any atom is -0.388 e. The van der Waals surface area contributed by atoms with Crippen LogP contribution in [0.2, 0.25) is 0 Å². The summed E-state index contributed by atoms with van der Waals surface area (Å²) >= 11 is 0. The molecule has 1 N–H and O–H groups in total. The van der Waals surface area contributed by atoms with Gasteiger partial charge in [-0.05, 0) is 31.0 Å². The Morgan fingerprint density at radius 2 is 1.62 bits per heavy atom. The highest BCUT2D eigenvalue weighted by atomic mass is 16.3. The normalized spacial score (nSPS) is 12.1. The van der Waals surface area contributed by atoms with Crippen LogP contribution in [0.15, 0.2) is 54.6 Å². The van der Waals surface area contributed by atoms with Crippen LogP contribution in [0.4, 0.5) is 11.4 Å².